The molecule has 0 spiro atoms. The molecule has 0 radical (unpaired) electrons. The van der Waals surface area contributed by atoms with Crippen molar-refractivity contribution in [3.63, 3.8) is 0 Å². The number of carbonyl (C=O) groups excluding carboxylic acids is 1. The van der Waals surface area contributed by atoms with Gasteiger partial charge in [-0.05, 0) is 61.0 Å². The number of alkyl halides is 1. The molecule has 2 saturated heterocycles. The summed E-state index contributed by atoms with van der Waals surface area (Å²) in [6, 6.07) is 7.25. The lowest BCUT2D eigenvalue weighted by atomic mass is 9.82. The first kappa shape index (κ1) is 23.0. The summed E-state index contributed by atoms with van der Waals surface area (Å²) in [5, 5.41) is 5.68. The smallest absolute Gasteiger partial charge is 0.444 e. The molecule has 3 heterocycles. The SMILES string of the molecule is CC(C)(C)OC(=O)N1CC[C@@H](n2nc(B3OC(C)(C)C(C)(C)O3)c3ccccc32)[C@@H](F)C1. The van der Waals surface area contributed by atoms with Crippen LogP contribution in [0.3, 0.4) is 0 Å². The molecule has 1 aromatic carbocycles. The molecule has 2 atom stereocenters. The number of nitrogens with zero attached hydrogens (tertiary/aromatic N) is 3. The Hall–Kier alpha value is -2.13. The summed E-state index contributed by atoms with van der Waals surface area (Å²) in [5.41, 5.74) is -0.125. The Bertz CT molecular complexity index is 1000. The fourth-order valence-electron chi connectivity index (χ4n) is 4.16. The number of halogens is 1. The highest BCUT2D eigenvalue weighted by molar-refractivity contribution is 6.64. The zero-order valence-electron chi connectivity index (χ0n) is 20.0. The molecule has 32 heavy (non-hydrogen) atoms. The van der Waals surface area contributed by atoms with Crippen molar-refractivity contribution in [3.05, 3.63) is 24.3 Å². The van der Waals surface area contributed by atoms with Gasteiger partial charge in [0.2, 0.25) is 0 Å². The molecule has 0 aliphatic carbocycles. The van der Waals surface area contributed by atoms with Gasteiger partial charge in [-0.3, -0.25) is 4.68 Å². The third-order valence-electron chi connectivity index (χ3n) is 6.59. The van der Waals surface area contributed by atoms with Crippen molar-refractivity contribution in [1.82, 2.24) is 14.7 Å². The minimum atomic E-state index is -1.27. The van der Waals surface area contributed by atoms with Crippen molar-refractivity contribution in [1.29, 1.82) is 0 Å². The predicted molar refractivity (Wildman–Crippen MR) is 122 cm³/mol. The number of piperidine rings is 1. The number of benzene rings is 1. The van der Waals surface area contributed by atoms with E-state index in [4.69, 9.17) is 19.1 Å². The fraction of sp³-hybridized carbons (Fsp3) is 0.652. The molecule has 4 rings (SSSR count). The van der Waals surface area contributed by atoms with Crippen LogP contribution in [0.1, 0.15) is 60.9 Å². The van der Waals surface area contributed by atoms with Gasteiger partial charge in [-0.1, -0.05) is 18.2 Å². The quantitative estimate of drug-likeness (QED) is 0.657. The van der Waals surface area contributed by atoms with Gasteiger partial charge >= 0.3 is 13.2 Å². The lowest BCUT2D eigenvalue weighted by Gasteiger charge is -2.35. The topological polar surface area (TPSA) is 65.8 Å². The number of hydrogen-bond acceptors (Lipinski definition) is 5. The molecule has 0 unspecified atom stereocenters. The van der Waals surface area contributed by atoms with E-state index in [0.717, 1.165) is 10.9 Å². The minimum Gasteiger partial charge on any atom is -0.444 e. The number of aromatic nitrogens is 2. The summed E-state index contributed by atoms with van der Waals surface area (Å²) in [6.45, 7) is 13.8. The van der Waals surface area contributed by atoms with Crippen molar-refractivity contribution in [3.8, 4) is 0 Å². The second kappa shape index (κ2) is 7.73. The Labute approximate surface area is 189 Å². The molecule has 2 fully saturated rings. The van der Waals surface area contributed by atoms with Gasteiger partial charge in [0, 0.05) is 11.9 Å². The van der Waals surface area contributed by atoms with Gasteiger partial charge in [0.05, 0.1) is 29.3 Å². The Kier molecular flexibility index (Phi) is 5.57. The summed E-state index contributed by atoms with van der Waals surface area (Å²) >= 11 is 0. The van der Waals surface area contributed by atoms with E-state index in [0.29, 0.717) is 18.6 Å². The third kappa shape index (κ3) is 4.12. The number of likely N-dealkylation sites (tertiary alicyclic amines) is 1. The van der Waals surface area contributed by atoms with Gasteiger partial charge in [0.25, 0.3) is 0 Å². The molecular formula is C23H33BFN3O4. The van der Waals surface area contributed by atoms with Crippen LogP contribution in [-0.4, -0.2) is 64.0 Å². The van der Waals surface area contributed by atoms with E-state index in [1.807, 2.05) is 52.0 Å². The Morgan fingerprint density at radius 2 is 1.81 bits per heavy atom. The Balaban J connectivity index is 1.61. The van der Waals surface area contributed by atoms with E-state index in [-0.39, 0.29) is 6.54 Å². The largest absolute Gasteiger partial charge is 0.517 e. The van der Waals surface area contributed by atoms with E-state index in [1.54, 1.807) is 25.5 Å². The maximum Gasteiger partial charge on any atom is 0.517 e. The number of para-hydroxylation sites is 1. The van der Waals surface area contributed by atoms with Crippen LogP contribution in [0.5, 0.6) is 0 Å². The van der Waals surface area contributed by atoms with Gasteiger partial charge in [0.1, 0.15) is 17.4 Å². The summed E-state index contributed by atoms with van der Waals surface area (Å²) in [7, 11) is -0.633. The lowest BCUT2D eigenvalue weighted by Crippen LogP contribution is -2.47. The van der Waals surface area contributed by atoms with Crippen LogP contribution in [0.15, 0.2) is 24.3 Å². The van der Waals surface area contributed by atoms with Crippen LogP contribution in [-0.2, 0) is 14.0 Å². The molecule has 1 aromatic heterocycles. The van der Waals surface area contributed by atoms with E-state index >= 15 is 4.39 Å². The number of ether oxygens (including phenoxy) is 1. The van der Waals surface area contributed by atoms with Crippen molar-refractivity contribution < 1.29 is 23.2 Å². The van der Waals surface area contributed by atoms with Crippen molar-refractivity contribution in [2.75, 3.05) is 13.1 Å². The van der Waals surface area contributed by atoms with E-state index in [9.17, 15) is 4.79 Å². The normalized spacial score (nSPS) is 25.4. The van der Waals surface area contributed by atoms with Crippen LogP contribution in [0, 0.1) is 0 Å². The average molecular weight is 445 g/mol. The molecule has 174 valence electrons. The van der Waals surface area contributed by atoms with Crippen LogP contribution >= 0.6 is 0 Å². The second-order valence-electron chi connectivity index (χ2n) is 10.7. The Morgan fingerprint density at radius 1 is 1.19 bits per heavy atom. The first-order valence-corrected chi connectivity index (χ1v) is 11.2. The molecule has 0 bridgehead atoms. The Morgan fingerprint density at radius 3 is 2.41 bits per heavy atom. The number of fused-ring (bicyclic) bond motifs is 1. The zero-order chi connectivity index (χ0) is 23.5. The monoisotopic (exact) mass is 445 g/mol. The van der Waals surface area contributed by atoms with Crippen LogP contribution in [0.4, 0.5) is 9.18 Å². The van der Waals surface area contributed by atoms with Gasteiger partial charge < -0.3 is 18.9 Å². The van der Waals surface area contributed by atoms with Gasteiger partial charge in [0.15, 0.2) is 0 Å². The zero-order valence-corrected chi connectivity index (χ0v) is 20.0. The highest BCUT2D eigenvalue weighted by Gasteiger charge is 2.53. The molecule has 7 nitrogen and oxygen atoms in total. The van der Waals surface area contributed by atoms with Crippen LogP contribution in [0.25, 0.3) is 10.9 Å². The lowest BCUT2D eigenvalue weighted by molar-refractivity contribution is 0.00578. The average Bonchev–Trinajstić information content (AvgIpc) is 3.14. The molecule has 1 amide bonds. The molecule has 2 aliphatic heterocycles. The fourth-order valence-corrected chi connectivity index (χ4v) is 4.16. The molecule has 0 saturated carbocycles. The van der Waals surface area contributed by atoms with Crippen molar-refractivity contribution >= 4 is 29.7 Å². The van der Waals surface area contributed by atoms with Gasteiger partial charge in [-0.2, -0.15) is 5.10 Å². The second-order valence-corrected chi connectivity index (χ2v) is 10.7. The third-order valence-corrected chi connectivity index (χ3v) is 6.59. The van der Waals surface area contributed by atoms with Crippen LogP contribution in [0.2, 0.25) is 0 Å². The highest BCUT2D eigenvalue weighted by atomic mass is 19.1. The minimum absolute atomic E-state index is 0.0282. The maximum atomic E-state index is 15.4. The summed E-state index contributed by atoms with van der Waals surface area (Å²) in [6.07, 6.45) is -1.32. The molecule has 2 aliphatic rings. The molecular weight excluding hydrogens is 412 g/mol. The maximum absolute atomic E-state index is 15.4. The van der Waals surface area contributed by atoms with Crippen molar-refractivity contribution in [2.24, 2.45) is 0 Å². The summed E-state index contributed by atoms with van der Waals surface area (Å²) < 4.78 is 35.0. The molecule has 9 heteroatoms. The van der Waals surface area contributed by atoms with Gasteiger partial charge in [-0.25, -0.2) is 9.18 Å². The van der Waals surface area contributed by atoms with Crippen molar-refractivity contribution in [2.45, 2.75) is 83.9 Å². The number of rotatable bonds is 2. The van der Waals surface area contributed by atoms with Gasteiger partial charge in [-0.15, -0.1) is 0 Å². The predicted octanol–water partition coefficient (Wildman–Crippen LogP) is 3.86. The van der Waals surface area contributed by atoms with E-state index < -0.39 is 42.2 Å². The summed E-state index contributed by atoms with van der Waals surface area (Å²) in [5.74, 6) is 0. The number of amides is 1. The van der Waals surface area contributed by atoms with E-state index in [1.165, 1.54) is 4.90 Å². The van der Waals surface area contributed by atoms with Crippen LogP contribution < -0.4 is 5.59 Å². The van der Waals surface area contributed by atoms with E-state index in [2.05, 4.69) is 0 Å². The standard InChI is InChI=1S/C23H33BFN3O4/c1-21(2,3)30-20(29)27-13-12-18(16(25)14-27)28-17-11-9-8-10-15(17)19(26-28)24-31-22(4,5)23(6,7)32-24/h8-11,16,18H,12-14H2,1-7H3/t16-,18+/m0/s1. The number of hydrogen-bond donors (Lipinski definition) is 0. The first-order valence-electron chi connectivity index (χ1n) is 11.2. The molecule has 0 N–H and O–H groups in total. The first-order chi connectivity index (χ1) is 14.8. The molecule has 2 aromatic rings. The summed E-state index contributed by atoms with van der Waals surface area (Å²) in [4.78, 5) is 13.8. The highest BCUT2D eigenvalue weighted by Crippen LogP contribution is 2.37. The number of carbonyl (C=O) groups is 1.